The average Bonchev–Trinajstić information content (AvgIpc) is 2.99. The molecular formula is C35H70N4O5. The van der Waals surface area contributed by atoms with Crippen LogP contribution in [0.3, 0.4) is 0 Å². The first kappa shape index (κ1) is 46.0. The molecule has 9 nitrogen and oxygen atoms in total. The number of hydrogen-bond acceptors (Lipinski definition) is 7. The van der Waals surface area contributed by atoms with Crippen molar-refractivity contribution in [1.29, 1.82) is 0 Å². The van der Waals surface area contributed by atoms with E-state index in [-0.39, 0.29) is 53.7 Å². The Morgan fingerprint density at radius 2 is 1.43 bits per heavy atom. The van der Waals surface area contributed by atoms with Crippen LogP contribution in [0, 0.1) is 23.7 Å². The predicted molar refractivity (Wildman–Crippen MR) is 184 cm³/mol. The standard InChI is InChI=1S/C24H44N2O4.C5H10.C3H5NO.C2H6.CH5N/c1-7-8-12-20(23(28)25-17(4)5)15-21(27)22(19-13-10-9-11-14-19)26-24(29)30-18(6)16(2)3;1-5-3-2-4-5;1-3(4)2-5;2*1-2/h16-20,22H,7-15H2,1-6H3,(H,25,28)(H,26,29);5H,2-4H2,1H3;2H,1,4H2;1-2H3;2H2,1H3. The first-order valence-electron chi connectivity index (χ1n) is 17.1. The van der Waals surface area contributed by atoms with Crippen molar-refractivity contribution in [2.75, 3.05) is 7.05 Å². The maximum atomic E-state index is 13.3. The number of aldehydes is 1. The zero-order chi connectivity index (χ0) is 34.7. The topological polar surface area (TPSA) is 154 Å². The monoisotopic (exact) mass is 627 g/mol. The second-order valence-corrected chi connectivity index (χ2v) is 12.3. The summed E-state index contributed by atoms with van der Waals surface area (Å²) in [5.41, 5.74) is 9.30. The van der Waals surface area contributed by atoms with Crippen LogP contribution in [0.2, 0.25) is 0 Å². The summed E-state index contributed by atoms with van der Waals surface area (Å²) in [6, 6.07) is -0.537. The minimum Gasteiger partial charge on any atom is -0.446 e. The summed E-state index contributed by atoms with van der Waals surface area (Å²) in [4.78, 5) is 47.7. The van der Waals surface area contributed by atoms with Crippen molar-refractivity contribution in [3.05, 3.63) is 12.3 Å². The number of nitrogens with one attached hydrogen (secondary N) is 2. The molecule has 9 heteroatoms. The van der Waals surface area contributed by atoms with Gasteiger partial charge in [-0.25, -0.2) is 4.79 Å². The summed E-state index contributed by atoms with van der Waals surface area (Å²) in [6.45, 7) is 21.2. The van der Waals surface area contributed by atoms with E-state index in [9.17, 15) is 19.2 Å². The van der Waals surface area contributed by atoms with Crippen molar-refractivity contribution in [3.63, 3.8) is 0 Å². The molecule has 0 aromatic heterocycles. The first-order chi connectivity index (χ1) is 20.8. The molecule has 2 amide bonds. The molecule has 0 bridgehead atoms. The fourth-order valence-electron chi connectivity index (χ4n) is 4.56. The third kappa shape index (κ3) is 24.0. The summed E-state index contributed by atoms with van der Waals surface area (Å²) in [7, 11) is 1.50. The minimum absolute atomic E-state index is 0.0384. The molecule has 0 aromatic carbocycles. The summed E-state index contributed by atoms with van der Waals surface area (Å²) >= 11 is 0. The number of Topliss-reactive ketones (excluding diaryl/α,β-unsaturated/α-hetero) is 1. The maximum absolute atomic E-state index is 13.3. The molecule has 2 saturated carbocycles. The Hall–Kier alpha value is -2.42. The Kier molecular flexibility index (Phi) is 30.6. The molecule has 2 aliphatic rings. The lowest BCUT2D eigenvalue weighted by atomic mass is 9.80. The van der Waals surface area contributed by atoms with E-state index in [4.69, 9.17) is 10.5 Å². The second-order valence-electron chi connectivity index (χ2n) is 12.3. The van der Waals surface area contributed by atoms with Crippen molar-refractivity contribution in [2.45, 2.75) is 158 Å². The van der Waals surface area contributed by atoms with Crippen LogP contribution in [0.4, 0.5) is 4.79 Å². The number of amides is 2. The lowest BCUT2D eigenvalue weighted by Gasteiger charge is -2.31. The van der Waals surface area contributed by atoms with E-state index in [1.165, 1.54) is 32.7 Å². The van der Waals surface area contributed by atoms with Crippen molar-refractivity contribution < 1.29 is 23.9 Å². The van der Waals surface area contributed by atoms with Crippen LogP contribution < -0.4 is 22.1 Å². The van der Waals surface area contributed by atoms with Crippen LogP contribution in [0.1, 0.15) is 139 Å². The molecule has 0 aliphatic heterocycles. The third-order valence-corrected chi connectivity index (χ3v) is 7.67. The van der Waals surface area contributed by atoms with Gasteiger partial charge in [0.1, 0.15) is 6.10 Å². The van der Waals surface area contributed by atoms with Crippen LogP contribution in [-0.4, -0.2) is 49.3 Å². The molecule has 0 spiro atoms. The number of nitrogens with two attached hydrogens (primary N) is 2. The van der Waals surface area contributed by atoms with Gasteiger partial charge in [0.25, 0.3) is 0 Å². The van der Waals surface area contributed by atoms with Gasteiger partial charge in [-0.05, 0) is 64.8 Å². The van der Waals surface area contributed by atoms with E-state index >= 15 is 0 Å². The predicted octanol–water partition coefficient (Wildman–Crippen LogP) is 7.06. The smallest absolute Gasteiger partial charge is 0.408 e. The lowest BCUT2D eigenvalue weighted by molar-refractivity contribution is -0.131. The molecule has 44 heavy (non-hydrogen) atoms. The quantitative estimate of drug-likeness (QED) is 0.126. The van der Waals surface area contributed by atoms with Crippen molar-refractivity contribution in [2.24, 2.45) is 35.1 Å². The van der Waals surface area contributed by atoms with Crippen molar-refractivity contribution in [1.82, 2.24) is 10.6 Å². The molecule has 3 unspecified atom stereocenters. The Bertz CT molecular complexity index is 762. The highest BCUT2D eigenvalue weighted by Crippen LogP contribution is 2.29. The fraction of sp³-hybridized carbons (Fsp3) is 0.829. The Balaban J connectivity index is -0.000000993. The number of carbonyl (C=O) groups is 4. The molecule has 6 N–H and O–H groups in total. The molecular weight excluding hydrogens is 556 g/mol. The molecule has 2 rings (SSSR count). The maximum Gasteiger partial charge on any atom is 0.408 e. The van der Waals surface area contributed by atoms with Gasteiger partial charge < -0.3 is 26.8 Å². The van der Waals surface area contributed by atoms with E-state index in [0.717, 1.165) is 44.4 Å². The molecule has 0 saturated heterocycles. The van der Waals surface area contributed by atoms with Crippen LogP contribution in [-0.2, 0) is 19.1 Å². The molecule has 0 heterocycles. The largest absolute Gasteiger partial charge is 0.446 e. The Morgan fingerprint density at radius 3 is 1.80 bits per heavy atom. The van der Waals surface area contributed by atoms with Gasteiger partial charge in [0.2, 0.25) is 5.91 Å². The van der Waals surface area contributed by atoms with Gasteiger partial charge in [0.05, 0.1) is 11.7 Å². The summed E-state index contributed by atoms with van der Waals surface area (Å²) in [6.07, 6.45) is 12.1. The zero-order valence-electron chi connectivity index (χ0n) is 30.0. The Labute approximate surface area is 270 Å². The van der Waals surface area contributed by atoms with E-state index < -0.39 is 12.1 Å². The van der Waals surface area contributed by atoms with Gasteiger partial charge in [-0.2, -0.15) is 0 Å². The number of ketones is 1. The number of ether oxygens (including phenoxy) is 1. The summed E-state index contributed by atoms with van der Waals surface area (Å²) in [5, 5.41) is 5.82. The lowest BCUT2D eigenvalue weighted by Crippen LogP contribution is -2.49. The minimum atomic E-state index is -0.576. The highest BCUT2D eigenvalue weighted by atomic mass is 16.6. The molecule has 0 radical (unpaired) electrons. The third-order valence-electron chi connectivity index (χ3n) is 7.67. The number of rotatable bonds is 13. The van der Waals surface area contributed by atoms with Gasteiger partial charge in [0.15, 0.2) is 12.1 Å². The van der Waals surface area contributed by atoms with Gasteiger partial charge >= 0.3 is 6.09 Å². The van der Waals surface area contributed by atoms with Crippen LogP contribution >= 0.6 is 0 Å². The number of hydrogen-bond donors (Lipinski definition) is 4. The average molecular weight is 627 g/mol. The summed E-state index contributed by atoms with van der Waals surface area (Å²) < 4.78 is 5.47. The summed E-state index contributed by atoms with van der Waals surface area (Å²) in [5.74, 6) is 0.931. The molecule has 3 atom stereocenters. The first-order valence-corrected chi connectivity index (χ1v) is 17.1. The number of allylic oxidation sites excluding steroid dienone is 1. The molecule has 2 aliphatic carbocycles. The van der Waals surface area contributed by atoms with E-state index in [1.807, 2.05) is 48.5 Å². The van der Waals surface area contributed by atoms with E-state index in [1.54, 1.807) is 0 Å². The van der Waals surface area contributed by atoms with Crippen molar-refractivity contribution >= 4 is 24.1 Å². The number of unbranched alkanes of at least 4 members (excludes halogenated alkanes) is 1. The molecule has 2 fully saturated rings. The SMILES string of the molecule is C=C(N)C=O.CC.CC1CCC1.CCCCC(CC(=O)C(NC(=O)OC(C)C(C)C)C1CCCCC1)C(=O)NC(C)C.CN. The van der Waals surface area contributed by atoms with E-state index in [2.05, 4.69) is 36.8 Å². The normalized spacial score (nSPS) is 16.2. The van der Waals surface area contributed by atoms with Crippen LogP contribution in [0.15, 0.2) is 12.3 Å². The highest BCUT2D eigenvalue weighted by Gasteiger charge is 2.34. The van der Waals surface area contributed by atoms with E-state index in [0.29, 0.717) is 12.7 Å². The van der Waals surface area contributed by atoms with Crippen molar-refractivity contribution in [3.8, 4) is 0 Å². The molecule has 0 aromatic rings. The van der Waals surface area contributed by atoms with Gasteiger partial charge in [-0.3, -0.25) is 14.4 Å². The Morgan fingerprint density at radius 1 is 0.932 bits per heavy atom. The number of carbonyl (C=O) groups excluding carboxylic acids is 4. The fourth-order valence-corrected chi connectivity index (χ4v) is 4.56. The second kappa shape index (κ2) is 29.3. The number of alkyl carbamates (subject to hydrolysis) is 1. The zero-order valence-corrected chi connectivity index (χ0v) is 30.0. The van der Waals surface area contributed by atoms with Gasteiger partial charge in [0, 0.05) is 18.4 Å². The van der Waals surface area contributed by atoms with Gasteiger partial charge in [-0.1, -0.05) is 99.5 Å². The van der Waals surface area contributed by atoms with Crippen LogP contribution in [0.25, 0.3) is 0 Å². The highest BCUT2D eigenvalue weighted by molar-refractivity contribution is 5.92. The van der Waals surface area contributed by atoms with Gasteiger partial charge in [-0.15, -0.1) is 0 Å². The molecule has 260 valence electrons. The van der Waals surface area contributed by atoms with Crippen LogP contribution in [0.5, 0.6) is 0 Å².